The van der Waals surface area contributed by atoms with Gasteiger partial charge >= 0.3 is 0 Å². The normalized spacial score (nSPS) is 13.8. The lowest BCUT2D eigenvalue weighted by atomic mass is 9.74. The molecule has 1 saturated carbocycles. The number of fused-ring (bicyclic) bond motifs is 5. The number of thiazole rings is 1. The summed E-state index contributed by atoms with van der Waals surface area (Å²) in [5, 5.41) is 0. The molecule has 0 aliphatic heterocycles. The van der Waals surface area contributed by atoms with Gasteiger partial charge in [-0.15, -0.1) is 0 Å². The predicted octanol–water partition coefficient (Wildman–Crippen LogP) is 17.0. The Balaban J connectivity index is 1.25. The third kappa shape index (κ3) is 6.42. The van der Waals surface area contributed by atoms with Crippen LogP contribution in [0.1, 0.15) is 38.5 Å². The number of rotatable bonds is 8. The molecule has 12 rings (SSSR count). The van der Waals surface area contributed by atoms with Gasteiger partial charge in [0.25, 0.3) is 0 Å². The average Bonchev–Trinajstić information content (AvgIpc) is 4.08. The van der Waals surface area contributed by atoms with Crippen molar-refractivity contribution in [2.45, 2.75) is 31.6 Å². The maximum atomic E-state index is 10.1. The third-order valence-electron chi connectivity index (χ3n) is 12.9. The second kappa shape index (κ2) is 15.9. The Morgan fingerprint density at radius 3 is 1.27 bits per heavy atom. The first-order valence-corrected chi connectivity index (χ1v) is 22.9. The van der Waals surface area contributed by atoms with Gasteiger partial charge in [0.2, 0.25) is 0 Å². The van der Waals surface area contributed by atoms with E-state index >= 15 is 0 Å². The minimum atomic E-state index is -0.670. The molecule has 9 aromatic carbocycles. The summed E-state index contributed by atoms with van der Waals surface area (Å²) in [7, 11) is 0. The molecule has 300 valence electrons. The largest absolute Gasteiger partial charge is 0.283 e. The Morgan fingerprint density at radius 1 is 0.397 bits per heavy atom. The average molecular weight is 826 g/mol. The van der Waals surface area contributed by atoms with Crippen LogP contribution in [-0.2, 0) is 0 Å². The highest BCUT2D eigenvalue weighted by molar-refractivity contribution is 7.24. The summed E-state index contributed by atoms with van der Waals surface area (Å²) in [4.78, 5) is 6.11. The van der Waals surface area contributed by atoms with Crippen molar-refractivity contribution < 1.29 is 1.37 Å². The van der Waals surface area contributed by atoms with Gasteiger partial charge in [-0.05, 0) is 121 Å². The minimum Gasteiger partial charge on any atom is -0.283 e. The first kappa shape index (κ1) is 36.3. The van der Waals surface area contributed by atoms with Crippen LogP contribution in [0.5, 0.6) is 0 Å². The molecule has 2 nitrogen and oxygen atoms in total. The molecule has 3 heteroatoms. The molecule has 0 N–H and O–H groups in total. The molecule has 0 radical (unpaired) electrons. The molecule has 0 spiro atoms. The van der Waals surface area contributed by atoms with Gasteiger partial charge in [0.1, 0.15) is 0 Å². The second-order valence-electron chi connectivity index (χ2n) is 16.6. The summed E-state index contributed by atoms with van der Waals surface area (Å²) in [6, 6.07) is 77.1. The fourth-order valence-electron chi connectivity index (χ4n) is 10.2. The first-order valence-electron chi connectivity index (χ1n) is 22.6. The number of hydrogen-bond acceptors (Lipinski definition) is 2. The Bertz CT molecular complexity index is 3370. The molecule has 2 heterocycles. The zero-order valence-electron chi connectivity index (χ0n) is 35.8. The molecule has 1 aliphatic rings. The molecule has 63 heavy (non-hydrogen) atoms. The lowest BCUT2D eigenvalue weighted by Gasteiger charge is -2.29. The van der Waals surface area contributed by atoms with Crippen LogP contribution in [0, 0.1) is 0 Å². The molecule has 2 aromatic heterocycles. The van der Waals surface area contributed by atoms with E-state index in [1.54, 1.807) is 11.3 Å². The molecule has 11 aromatic rings. The van der Waals surface area contributed by atoms with Gasteiger partial charge in [0, 0.05) is 6.93 Å². The Hall–Kier alpha value is -7.33. The van der Waals surface area contributed by atoms with Crippen molar-refractivity contribution in [1.29, 1.82) is 0 Å². The highest BCUT2D eigenvalue weighted by Gasteiger charge is 2.30. The first-order chi connectivity index (χ1) is 31.6. The van der Waals surface area contributed by atoms with E-state index in [0.29, 0.717) is 0 Å². The van der Waals surface area contributed by atoms with Crippen molar-refractivity contribution in [2.75, 3.05) is 0 Å². The summed E-state index contributed by atoms with van der Waals surface area (Å²) in [5.41, 5.74) is 20.7. The van der Waals surface area contributed by atoms with Crippen molar-refractivity contribution in [2.24, 2.45) is 0 Å². The van der Waals surface area contributed by atoms with Crippen LogP contribution in [0.25, 0.3) is 104 Å². The summed E-state index contributed by atoms with van der Waals surface area (Å²) in [6.45, 7) is 0. The van der Waals surface area contributed by atoms with E-state index < -0.39 is 5.89 Å². The van der Waals surface area contributed by atoms with Gasteiger partial charge < -0.3 is 0 Å². The molecule has 0 amide bonds. The quantitative estimate of drug-likeness (QED) is 0.149. The van der Waals surface area contributed by atoms with E-state index in [1.165, 1.54) is 43.6 Å². The zero-order valence-corrected chi connectivity index (χ0v) is 35.7. The SMILES string of the molecule is [2H]C1(c2ccc3c(sc4nc5ccccc5n43)c2-c2cccc(-c3c(-c4ccccc4)c(-c4ccccc4)c(-c4ccccc4)c(-c4ccccc4)c3-c3ccccc3)c2)CCCC1. The lowest BCUT2D eigenvalue weighted by molar-refractivity contribution is 0.726. The van der Waals surface area contributed by atoms with Crippen molar-refractivity contribution in [3.63, 3.8) is 0 Å². The Kier molecular flexibility index (Phi) is 9.14. The monoisotopic (exact) mass is 825 g/mol. The summed E-state index contributed by atoms with van der Waals surface area (Å²) in [6.07, 6.45) is 3.85. The van der Waals surface area contributed by atoms with Crippen LogP contribution >= 0.6 is 11.3 Å². The van der Waals surface area contributed by atoms with E-state index in [-0.39, 0.29) is 0 Å². The van der Waals surface area contributed by atoms with Gasteiger partial charge in [-0.3, -0.25) is 4.40 Å². The Morgan fingerprint density at radius 2 is 0.794 bits per heavy atom. The van der Waals surface area contributed by atoms with E-state index in [1.807, 2.05) is 0 Å². The van der Waals surface area contributed by atoms with E-state index in [9.17, 15) is 1.37 Å². The highest BCUT2D eigenvalue weighted by atomic mass is 32.1. The number of hydrogen-bond donors (Lipinski definition) is 0. The fraction of sp³-hybridized carbons (Fsp3) is 0.0833. The predicted molar refractivity (Wildman–Crippen MR) is 267 cm³/mol. The minimum absolute atomic E-state index is 0.670. The van der Waals surface area contributed by atoms with Gasteiger partial charge in [-0.1, -0.05) is 212 Å². The molecule has 1 fully saturated rings. The smallest absolute Gasteiger partial charge is 0.195 e. The van der Waals surface area contributed by atoms with Crippen LogP contribution in [0.15, 0.2) is 212 Å². The van der Waals surface area contributed by atoms with Crippen LogP contribution in [0.4, 0.5) is 0 Å². The molecular weight excluding hydrogens is 781 g/mol. The molecule has 0 unspecified atom stereocenters. The van der Waals surface area contributed by atoms with Crippen LogP contribution in [-0.4, -0.2) is 9.38 Å². The summed E-state index contributed by atoms with van der Waals surface area (Å²) >= 11 is 1.75. The number of nitrogens with zero attached hydrogens (tertiary/aromatic N) is 2. The fourth-order valence-corrected chi connectivity index (χ4v) is 11.4. The summed E-state index contributed by atoms with van der Waals surface area (Å²) in [5.74, 6) is -0.670. The number of benzene rings is 9. The lowest BCUT2D eigenvalue weighted by Crippen LogP contribution is -2.02. The number of imidazole rings is 1. The molecular formula is C60H44N2S. The number of aromatic nitrogens is 2. The summed E-state index contributed by atoms with van der Waals surface area (Å²) < 4.78 is 13.6. The second-order valence-corrected chi connectivity index (χ2v) is 17.6. The highest BCUT2D eigenvalue weighted by Crippen LogP contribution is 2.56. The van der Waals surface area contributed by atoms with Gasteiger partial charge in [0.05, 0.1) is 21.3 Å². The van der Waals surface area contributed by atoms with Gasteiger partial charge in [-0.2, -0.15) is 0 Å². The third-order valence-corrected chi connectivity index (χ3v) is 14.0. The standard InChI is InChI=1S/C60H44N2S/c1-6-23-41(24-7-1)53-54(42-25-8-2-9-26-42)56(44-29-12-4-13-30-44)58(57(45-31-14-5-15-32-45)55(53)43-27-10-3-11-28-43)47-34-20-33-46(39-47)52-48(40-21-16-17-22-40)37-38-51-59(52)63-60-61-49-35-18-19-36-50(49)62(51)60/h1-15,18-20,23-40H,16-17,21-22H2/i40D. The maximum absolute atomic E-state index is 10.1. The van der Waals surface area contributed by atoms with Crippen molar-refractivity contribution in [3.8, 4) is 77.9 Å². The van der Waals surface area contributed by atoms with E-state index in [4.69, 9.17) is 4.98 Å². The Labute approximate surface area is 373 Å². The van der Waals surface area contributed by atoms with E-state index in [0.717, 1.165) is 91.7 Å². The van der Waals surface area contributed by atoms with Crippen LogP contribution < -0.4 is 0 Å². The van der Waals surface area contributed by atoms with Crippen molar-refractivity contribution >= 4 is 37.5 Å². The van der Waals surface area contributed by atoms with Crippen molar-refractivity contribution in [1.82, 2.24) is 9.38 Å². The van der Waals surface area contributed by atoms with Crippen molar-refractivity contribution in [3.05, 3.63) is 218 Å². The van der Waals surface area contributed by atoms with Gasteiger partial charge in [0.15, 0.2) is 4.96 Å². The zero-order chi connectivity index (χ0) is 42.6. The number of para-hydroxylation sites is 2. The van der Waals surface area contributed by atoms with Gasteiger partial charge in [-0.25, -0.2) is 4.98 Å². The molecule has 0 saturated heterocycles. The van der Waals surface area contributed by atoms with Crippen LogP contribution in [0.3, 0.4) is 0 Å². The van der Waals surface area contributed by atoms with E-state index in [2.05, 4.69) is 217 Å². The molecule has 1 aliphatic carbocycles. The molecule has 0 bridgehead atoms. The maximum Gasteiger partial charge on any atom is 0.195 e. The van der Waals surface area contributed by atoms with Crippen LogP contribution in [0.2, 0.25) is 0 Å². The molecule has 0 atom stereocenters. The topological polar surface area (TPSA) is 17.3 Å².